The van der Waals surface area contributed by atoms with Crippen molar-refractivity contribution < 1.29 is 4.74 Å². The number of rotatable bonds is 6. The second-order valence-electron chi connectivity index (χ2n) is 5.60. The highest BCUT2D eigenvalue weighted by Gasteiger charge is 2.17. The van der Waals surface area contributed by atoms with E-state index in [0.29, 0.717) is 40.9 Å². The fraction of sp³-hybridized carbons (Fsp3) is 0.222. The maximum absolute atomic E-state index is 6.07. The highest BCUT2D eigenvalue weighted by atomic mass is 35.5. The van der Waals surface area contributed by atoms with Crippen molar-refractivity contribution in [1.82, 2.24) is 10.6 Å². The average molecular weight is 429 g/mol. The molecule has 1 atom stereocenters. The van der Waals surface area contributed by atoms with Crippen LogP contribution in [0.5, 0.6) is 5.75 Å². The van der Waals surface area contributed by atoms with Crippen LogP contribution in [-0.4, -0.2) is 25.1 Å². The summed E-state index contributed by atoms with van der Waals surface area (Å²) in [5, 5.41) is 7.22. The van der Waals surface area contributed by atoms with Crippen molar-refractivity contribution in [2.75, 3.05) is 13.2 Å². The third kappa shape index (κ3) is 6.20. The van der Waals surface area contributed by atoms with Crippen molar-refractivity contribution in [2.24, 2.45) is 15.7 Å². The molecule has 3 rings (SSSR count). The zero-order valence-electron chi connectivity index (χ0n) is 14.4. The Labute approximate surface area is 174 Å². The molecule has 2 aromatic rings. The molecule has 9 heteroatoms. The number of nitrogens with zero attached hydrogens (tertiary/aromatic N) is 2. The first-order valence-electron chi connectivity index (χ1n) is 8.16. The van der Waals surface area contributed by atoms with Gasteiger partial charge in [-0.05, 0) is 23.8 Å². The van der Waals surface area contributed by atoms with Gasteiger partial charge in [-0.2, -0.15) is 0 Å². The monoisotopic (exact) mass is 427 g/mol. The minimum absolute atomic E-state index is 0. The maximum atomic E-state index is 6.07. The summed E-state index contributed by atoms with van der Waals surface area (Å²) < 4.78 is 5.64. The lowest BCUT2D eigenvalue weighted by molar-refractivity contribution is 0.313. The molecule has 1 heterocycles. The molecule has 4 N–H and O–H groups in total. The van der Waals surface area contributed by atoms with Crippen LogP contribution in [0, 0.1) is 0 Å². The molecule has 0 fully saturated rings. The van der Waals surface area contributed by atoms with Crippen LogP contribution in [0.25, 0.3) is 0 Å². The topological polar surface area (TPSA) is 84.0 Å². The van der Waals surface area contributed by atoms with Crippen molar-refractivity contribution in [2.45, 2.75) is 12.6 Å². The Morgan fingerprint density at radius 1 is 1.15 bits per heavy atom. The summed E-state index contributed by atoms with van der Waals surface area (Å²) in [6, 6.07) is 15.0. The van der Waals surface area contributed by atoms with E-state index in [1.165, 1.54) is 0 Å². The fourth-order valence-electron chi connectivity index (χ4n) is 2.40. The van der Waals surface area contributed by atoms with Gasteiger partial charge < -0.3 is 15.8 Å². The van der Waals surface area contributed by atoms with Gasteiger partial charge in [0.15, 0.2) is 18.1 Å². The zero-order valence-corrected chi connectivity index (χ0v) is 16.7. The molecule has 0 amide bonds. The Morgan fingerprint density at radius 2 is 1.93 bits per heavy atom. The first-order chi connectivity index (χ1) is 12.6. The van der Waals surface area contributed by atoms with Gasteiger partial charge >= 0.3 is 0 Å². The molecule has 6 nitrogen and oxygen atoms in total. The van der Waals surface area contributed by atoms with Gasteiger partial charge in [0.25, 0.3) is 0 Å². The molecule has 0 aromatic heterocycles. The molecule has 27 heavy (non-hydrogen) atoms. The molecule has 0 aliphatic carbocycles. The number of halogens is 3. The molecule has 0 saturated heterocycles. The lowest BCUT2D eigenvalue weighted by Gasteiger charge is -2.24. The van der Waals surface area contributed by atoms with Crippen LogP contribution in [0.4, 0.5) is 0 Å². The molecule has 144 valence electrons. The molecule has 0 spiro atoms. The lowest BCUT2D eigenvalue weighted by atomic mass is 10.2. The number of benzene rings is 2. The number of ether oxygens (including phenoxy) is 1. The smallest absolute Gasteiger partial charge is 0.200 e. The van der Waals surface area contributed by atoms with Crippen LogP contribution in [0.3, 0.4) is 0 Å². The van der Waals surface area contributed by atoms with Gasteiger partial charge in [-0.25, -0.2) is 4.99 Å². The van der Waals surface area contributed by atoms with E-state index in [4.69, 9.17) is 33.7 Å². The first kappa shape index (κ1) is 21.2. The van der Waals surface area contributed by atoms with E-state index in [1.807, 2.05) is 30.3 Å². The van der Waals surface area contributed by atoms with Crippen LogP contribution in [0.1, 0.15) is 18.2 Å². The average Bonchev–Trinajstić information content (AvgIpc) is 2.63. The standard InChI is InChI=1S/C18H19Cl2N5O.ClH/c19-13-7-8-15(14(20)11-13)26-10-4-9-22-18-24-16(23-17(21)25-18)12-5-2-1-3-6-12;/h1-3,5-8,11,16H,4,9-10H2,(H4,21,22,23,24,25);1H. The minimum atomic E-state index is -0.250. The first-order valence-corrected chi connectivity index (χ1v) is 8.91. The predicted octanol–water partition coefficient (Wildman–Crippen LogP) is 3.75. The van der Waals surface area contributed by atoms with Crippen molar-refractivity contribution in [3.8, 4) is 5.75 Å². The lowest BCUT2D eigenvalue weighted by Crippen LogP contribution is -2.50. The van der Waals surface area contributed by atoms with Crippen molar-refractivity contribution in [1.29, 1.82) is 0 Å². The summed E-state index contributed by atoms with van der Waals surface area (Å²) in [6.07, 6.45) is 0.471. The van der Waals surface area contributed by atoms with Gasteiger partial charge in [0, 0.05) is 18.0 Å². The molecule has 1 aliphatic rings. The van der Waals surface area contributed by atoms with Gasteiger partial charge in [-0.15, -0.1) is 12.4 Å². The van der Waals surface area contributed by atoms with Crippen molar-refractivity contribution in [3.63, 3.8) is 0 Å². The largest absolute Gasteiger partial charge is 0.492 e. The number of guanidine groups is 2. The quantitative estimate of drug-likeness (QED) is 0.612. The molecule has 0 bridgehead atoms. The Hall–Kier alpha value is -2.15. The normalized spacial score (nSPS) is 17.3. The van der Waals surface area contributed by atoms with E-state index in [0.717, 1.165) is 12.0 Å². The SMILES string of the molecule is Cl.NC1=NC(c2ccccc2)NC(=NCCCOc2ccc(Cl)cc2Cl)N1. The summed E-state index contributed by atoms with van der Waals surface area (Å²) >= 11 is 11.9. The number of hydrogen-bond acceptors (Lipinski definition) is 4. The maximum Gasteiger partial charge on any atom is 0.200 e. The molecular formula is C18H20Cl3N5O. The van der Waals surface area contributed by atoms with E-state index in [-0.39, 0.29) is 18.6 Å². The number of nitrogens with two attached hydrogens (primary N) is 1. The van der Waals surface area contributed by atoms with E-state index in [1.54, 1.807) is 18.2 Å². The molecule has 0 saturated carbocycles. The summed E-state index contributed by atoms with van der Waals surface area (Å²) in [5.74, 6) is 1.54. The summed E-state index contributed by atoms with van der Waals surface area (Å²) in [4.78, 5) is 8.82. The second kappa shape index (κ2) is 10.3. The van der Waals surface area contributed by atoms with Crippen LogP contribution in [0.2, 0.25) is 10.0 Å². The Morgan fingerprint density at radius 3 is 2.67 bits per heavy atom. The van der Waals surface area contributed by atoms with Gasteiger partial charge in [-0.3, -0.25) is 10.3 Å². The third-order valence-corrected chi connectivity index (χ3v) is 4.16. The van der Waals surface area contributed by atoms with Gasteiger partial charge in [0.05, 0.1) is 11.6 Å². The highest BCUT2D eigenvalue weighted by Crippen LogP contribution is 2.27. The molecule has 2 aromatic carbocycles. The number of aliphatic imine (C=N–C) groups is 2. The minimum Gasteiger partial charge on any atom is -0.492 e. The Kier molecular flexibility index (Phi) is 8.03. The van der Waals surface area contributed by atoms with Crippen molar-refractivity contribution >= 4 is 47.5 Å². The van der Waals surface area contributed by atoms with E-state index >= 15 is 0 Å². The van der Waals surface area contributed by atoms with Crippen LogP contribution >= 0.6 is 35.6 Å². The van der Waals surface area contributed by atoms with Crippen LogP contribution in [0.15, 0.2) is 58.5 Å². The fourth-order valence-corrected chi connectivity index (χ4v) is 2.86. The van der Waals surface area contributed by atoms with E-state index in [2.05, 4.69) is 20.6 Å². The van der Waals surface area contributed by atoms with Gasteiger partial charge in [0.2, 0.25) is 0 Å². The Balaban J connectivity index is 0.00000261. The van der Waals surface area contributed by atoms with Gasteiger partial charge in [-0.1, -0.05) is 53.5 Å². The highest BCUT2D eigenvalue weighted by molar-refractivity contribution is 6.35. The zero-order chi connectivity index (χ0) is 18.4. The molecule has 1 unspecified atom stereocenters. The van der Waals surface area contributed by atoms with Crippen LogP contribution in [-0.2, 0) is 0 Å². The van der Waals surface area contributed by atoms with Crippen molar-refractivity contribution in [3.05, 3.63) is 64.1 Å². The number of hydrogen-bond donors (Lipinski definition) is 3. The summed E-state index contributed by atoms with van der Waals surface area (Å²) in [6.45, 7) is 1.05. The predicted molar refractivity (Wildman–Crippen MR) is 113 cm³/mol. The van der Waals surface area contributed by atoms with Gasteiger partial charge in [0.1, 0.15) is 5.75 Å². The second-order valence-corrected chi connectivity index (χ2v) is 6.45. The molecular weight excluding hydrogens is 409 g/mol. The summed E-state index contributed by atoms with van der Waals surface area (Å²) in [5.41, 5.74) is 6.87. The van der Waals surface area contributed by atoms with E-state index < -0.39 is 0 Å². The molecule has 1 aliphatic heterocycles. The third-order valence-electron chi connectivity index (χ3n) is 3.63. The van der Waals surface area contributed by atoms with E-state index in [9.17, 15) is 0 Å². The number of nitrogens with one attached hydrogen (secondary N) is 2. The Bertz CT molecular complexity index is 814. The molecule has 0 radical (unpaired) electrons. The van der Waals surface area contributed by atoms with Crippen LogP contribution < -0.4 is 21.1 Å². The summed E-state index contributed by atoms with van der Waals surface area (Å²) in [7, 11) is 0.